The van der Waals surface area contributed by atoms with Gasteiger partial charge < -0.3 is 25.3 Å². The first kappa shape index (κ1) is 20.0. The van der Waals surface area contributed by atoms with Gasteiger partial charge >= 0.3 is 0 Å². The summed E-state index contributed by atoms with van der Waals surface area (Å²) in [5.41, 5.74) is 3.28. The van der Waals surface area contributed by atoms with Crippen molar-refractivity contribution in [2.45, 2.75) is 0 Å². The zero-order valence-electron chi connectivity index (χ0n) is 17.5. The molecule has 1 saturated heterocycles. The Morgan fingerprint density at radius 1 is 0.938 bits per heavy atom. The molecule has 0 bridgehead atoms. The number of phenolic OH excluding ortho intramolecular Hbond substituents is 1. The standard InChI is InChI=1S/C22H24N8O2/c31-13-8-24-20-19-21(30(15-25-19)17-2-1-7-23-14-17)27-22(26-20)29-11-9-28(10-12-29)16-3-5-18(32)6-4-16/h1-7,14-15,31-32H,8-13H2,(H,24,26,27). The van der Waals surface area contributed by atoms with E-state index >= 15 is 0 Å². The zero-order valence-corrected chi connectivity index (χ0v) is 17.5. The lowest BCUT2D eigenvalue weighted by atomic mass is 10.2. The molecule has 32 heavy (non-hydrogen) atoms. The third-order valence-electron chi connectivity index (χ3n) is 5.49. The highest BCUT2D eigenvalue weighted by Crippen LogP contribution is 2.26. The highest BCUT2D eigenvalue weighted by Gasteiger charge is 2.22. The van der Waals surface area contributed by atoms with E-state index in [1.54, 1.807) is 30.9 Å². The number of benzene rings is 1. The molecule has 3 aromatic heterocycles. The van der Waals surface area contributed by atoms with Crippen LogP contribution in [0.3, 0.4) is 0 Å². The first-order valence-electron chi connectivity index (χ1n) is 10.5. The van der Waals surface area contributed by atoms with Crippen molar-refractivity contribution < 1.29 is 10.2 Å². The number of aliphatic hydroxyl groups is 1. The third kappa shape index (κ3) is 3.87. The second-order valence-corrected chi connectivity index (χ2v) is 7.51. The summed E-state index contributed by atoms with van der Waals surface area (Å²) in [5, 5.41) is 22.0. The average molecular weight is 432 g/mol. The fraction of sp³-hybridized carbons (Fsp3) is 0.273. The van der Waals surface area contributed by atoms with Gasteiger partial charge in [0.15, 0.2) is 17.0 Å². The SMILES string of the molecule is OCCNc1nc(N2CCN(c3ccc(O)cc3)CC2)nc2c1ncn2-c1cccnc1. The topological polar surface area (TPSA) is 115 Å². The van der Waals surface area contributed by atoms with Crippen LogP contribution in [-0.4, -0.2) is 74.0 Å². The molecule has 10 heteroatoms. The van der Waals surface area contributed by atoms with Crippen LogP contribution in [0, 0.1) is 0 Å². The van der Waals surface area contributed by atoms with Crippen LogP contribution in [0.25, 0.3) is 16.9 Å². The number of rotatable bonds is 6. The summed E-state index contributed by atoms with van der Waals surface area (Å²) < 4.78 is 1.89. The lowest BCUT2D eigenvalue weighted by Crippen LogP contribution is -2.47. The summed E-state index contributed by atoms with van der Waals surface area (Å²) in [6, 6.07) is 11.1. The van der Waals surface area contributed by atoms with E-state index in [2.05, 4.69) is 25.1 Å². The molecule has 5 rings (SSSR count). The van der Waals surface area contributed by atoms with Crippen molar-refractivity contribution in [2.24, 2.45) is 0 Å². The van der Waals surface area contributed by atoms with Crippen LogP contribution in [0.15, 0.2) is 55.1 Å². The Morgan fingerprint density at radius 3 is 2.44 bits per heavy atom. The number of nitrogens with zero attached hydrogens (tertiary/aromatic N) is 7. The van der Waals surface area contributed by atoms with Gasteiger partial charge in [0.25, 0.3) is 0 Å². The summed E-state index contributed by atoms with van der Waals surface area (Å²) in [4.78, 5) is 22.7. The minimum Gasteiger partial charge on any atom is -0.508 e. The monoisotopic (exact) mass is 432 g/mol. The van der Waals surface area contributed by atoms with Crippen molar-refractivity contribution >= 4 is 28.6 Å². The number of piperazine rings is 1. The minimum atomic E-state index is -0.00452. The number of aromatic hydroxyl groups is 1. The molecule has 3 N–H and O–H groups in total. The van der Waals surface area contributed by atoms with E-state index in [0.29, 0.717) is 29.5 Å². The van der Waals surface area contributed by atoms with Gasteiger partial charge in [0.2, 0.25) is 5.95 Å². The van der Waals surface area contributed by atoms with E-state index in [9.17, 15) is 10.2 Å². The number of anilines is 3. The van der Waals surface area contributed by atoms with Crippen LogP contribution in [0.5, 0.6) is 5.75 Å². The van der Waals surface area contributed by atoms with Crippen molar-refractivity contribution in [2.75, 3.05) is 54.4 Å². The van der Waals surface area contributed by atoms with E-state index in [1.807, 2.05) is 28.8 Å². The highest BCUT2D eigenvalue weighted by atomic mass is 16.3. The summed E-state index contributed by atoms with van der Waals surface area (Å²) >= 11 is 0. The van der Waals surface area contributed by atoms with Crippen LogP contribution in [-0.2, 0) is 0 Å². The van der Waals surface area contributed by atoms with Gasteiger partial charge in [-0.1, -0.05) is 0 Å². The molecule has 1 fully saturated rings. The fourth-order valence-electron chi connectivity index (χ4n) is 3.84. The molecule has 1 aromatic carbocycles. The van der Waals surface area contributed by atoms with Crippen LogP contribution in [0.4, 0.5) is 17.5 Å². The predicted molar refractivity (Wildman–Crippen MR) is 123 cm³/mol. The number of imidazole rings is 1. The molecule has 0 atom stereocenters. The number of phenols is 1. The Balaban J connectivity index is 1.45. The summed E-state index contributed by atoms with van der Waals surface area (Å²) in [7, 11) is 0. The van der Waals surface area contributed by atoms with Crippen molar-refractivity contribution in [1.29, 1.82) is 0 Å². The van der Waals surface area contributed by atoms with E-state index in [-0.39, 0.29) is 12.4 Å². The van der Waals surface area contributed by atoms with E-state index in [0.717, 1.165) is 37.6 Å². The van der Waals surface area contributed by atoms with Crippen LogP contribution in [0.1, 0.15) is 0 Å². The van der Waals surface area contributed by atoms with Crippen LogP contribution < -0.4 is 15.1 Å². The number of hydrogen-bond acceptors (Lipinski definition) is 9. The van der Waals surface area contributed by atoms with Crippen molar-refractivity contribution in [1.82, 2.24) is 24.5 Å². The predicted octanol–water partition coefficient (Wildman–Crippen LogP) is 1.65. The van der Waals surface area contributed by atoms with Crippen LogP contribution >= 0.6 is 0 Å². The fourth-order valence-corrected chi connectivity index (χ4v) is 3.84. The molecule has 0 spiro atoms. The van der Waals surface area contributed by atoms with Gasteiger partial charge in [0.05, 0.1) is 18.5 Å². The Labute approximate surface area is 184 Å². The lowest BCUT2D eigenvalue weighted by molar-refractivity contribution is 0.311. The second-order valence-electron chi connectivity index (χ2n) is 7.51. The molecule has 0 unspecified atom stereocenters. The van der Waals surface area contributed by atoms with Gasteiger partial charge in [-0.3, -0.25) is 9.55 Å². The quantitative estimate of drug-likeness (QED) is 0.418. The zero-order chi connectivity index (χ0) is 21.9. The van der Waals surface area contributed by atoms with Gasteiger partial charge in [0.1, 0.15) is 12.1 Å². The van der Waals surface area contributed by atoms with Gasteiger partial charge in [-0.05, 0) is 36.4 Å². The largest absolute Gasteiger partial charge is 0.508 e. The maximum atomic E-state index is 9.53. The average Bonchev–Trinajstić information content (AvgIpc) is 3.28. The highest BCUT2D eigenvalue weighted by molar-refractivity contribution is 5.85. The Kier molecular flexibility index (Phi) is 5.42. The Morgan fingerprint density at radius 2 is 1.72 bits per heavy atom. The van der Waals surface area contributed by atoms with Crippen molar-refractivity contribution in [3.8, 4) is 11.4 Å². The molecule has 10 nitrogen and oxygen atoms in total. The number of hydrogen-bond donors (Lipinski definition) is 3. The number of pyridine rings is 1. The Bertz CT molecular complexity index is 1190. The first-order chi connectivity index (χ1) is 15.7. The third-order valence-corrected chi connectivity index (χ3v) is 5.49. The van der Waals surface area contributed by atoms with E-state index in [4.69, 9.17) is 9.97 Å². The molecule has 4 aromatic rings. The Hall–Kier alpha value is -3.92. The molecular weight excluding hydrogens is 408 g/mol. The van der Waals surface area contributed by atoms with Gasteiger partial charge in [-0.15, -0.1) is 0 Å². The van der Waals surface area contributed by atoms with Crippen LogP contribution in [0.2, 0.25) is 0 Å². The van der Waals surface area contributed by atoms with Crippen molar-refractivity contribution in [3.05, 3.63) is 55.1 Å². The molecule has 1 aliphatic heterocycles. The second kappa shape index (κ2) is 8.67. The summed E-state index contributed by atoms with van der Waals surface area (Å²) in [5.74, 6) is 1.49. The number of aromatic nitrogens is 5. The van der Waals surface area contributed by atoms with E-state index < -0.39 is 0 Å². The van der Waals surface area contributed by atoms with Gasteiger partial charge in [-0.2, -0.15) is 9.97 Å². The molecule has 164 valence electrons. The molecular formula is C22H24N8O2. The maximum Gasteiger partial charge on any atom is 0.229 e. The smallest absolute Gasteiger partial charge is 0.229 e. The molecule has 1 aliphatic rings. The maximum absolute atomic E-state index is 9.53. The lowest BCUT2D eigenvalue weighted by Gasteiger charge is -2.36. The molecule has 0 amide bonds. The van der Waals surface area contributed by atoms with Gasteiger partial charge in [-0.25, -0.2) is 4.98 Å². The molecule has 0 radical (unpaired) electrons. The summed E-state index contributed by atoms with van der Waals surface area (Å²) in [6.45, 7) is 3.51. The first-order valence-corrected chi connectivity index (χ1v) is 10.5. The molecule has 4 heterocycles. The normalized spacial score (nSPS) is 14.2. The molecule has 0 aliphatic carbocycles. The minimum absolute atomic E-state index is 0.00452. The number of nitrogens with one attached hydrogen (secondary N) is 1. The van der Waals surface area contributed by atoms with Crippen molar-refractivity contribution in [3.63, 3.8) is 0 Å². The molecule has 0 saturated carbocycles. The van der Waals surface area contributed by atoms with Gasteiger partial charge in [0, 0.05) is 44.6 Å². The van der Waals surface area contributed by atoms with E-state index in [1.165, 1.54) is 0 Å². The summed E-state index contributed by atoms with van der Waals surface area (Å²) in [6.07, 6.45) is 5.21. The number of aliphatic hydroxyl groups excluding tert-OH is 1. The number of fused-ring (bicyclic) bond motifs is 1.